The van der Waals surface area contributed by atoms with Gasteiger partial charge in [0.2, 0.25) is 0 Å². The third kappa shape index (κ3) is 10.7. The molecular weight excluding hydrogens is 286 g/mol. The van der Waals surface area contributed by atoms with E-state index in [0.29, 0.717) is 12.2 Å². The zero-order chi connectivity index (χ0) is 17.5. The first kappa shape index (κ1) is 22.2. The molecule has 0 unspecified atom stereocenters. The Balaban J connectivity index is 0. The Bertz CT molecular complexity index is 343. The van der Waals surface area contributed by atoms with Crippen molar-refractivity contribution in [3.63, 3.8) is 0 Å². The van der Waals surface area contributed by atoms with Crippen LogP contribution in [0.4, 0.5) is 0 Å². The first-order valence-corrected chi connectivity index (χ1v) is 7.55. The largest absolute Gasteiger partial charge is 0.478 e. The Morgan fingerprint density at radius 2 is 1.14 bits per heavy atom. The van der Waals surface area contributed by atoms with E-state index in [1.165, 1.54) is 0 Å². The molecule has 0 aromatic carbocycles. The van der Waals surface area contributed by atoms with E-state index in [1.54, 1.807) is 0 Å². The quantitative estimate of drug-likeness (QED) is 0.422. The highest BCUT2D eigenvalue weighted by Crippen LogP contribution is 1.99. The summed E-state index contributed by atoms with van der Waals surface area (Å²) >= 11 is 0. The van der Waals surface area contributed by atoms with Crippen molar-refractivity contribution in [2.75, 3.05) is 32.7 Å². The van der Waals surface area contributed by atoms with Crippen molar-refractivity contribution in [1.82, 2.24) is 9.80 Å². The van der Waals surface area contributed by atoms with Gasteiger partial charge in [-0.15, -0.1) is 0 Å². The van der Waals surface area contributed by atoms with Gasteiger partial charge in [0.25, 0.3) is 0 Å². The van der Waals surface area contributed by atoms with Gasteiger partial charge in [-0.1, -0.05) is 0 Å². The zero-order valence-corrected chi connectivity index (χ0v) is 14.2. The third-order valence-electron chi connectivity index (χ3n) is 2.76. The van der Waals surface area contributed by atoms with E-state index in [4.69, 9.17) is 10.2 Å². The van der Waals surface area contributed by atoms with Gasteiger partial charge in [-0.05, 0) is 34.6 Å². The highest BCUT2D eigenvalue weighted by molar-refractivity contribution is 5.89. The highest BCUT2D eigenvalue weighted by Gasteiger charge is 2.12. The molecule has 0 aliphatic rings. The molecule has 0 aromatic heterocycles. The summed E-state index contributed by atoms with van der Waals surface area (Å²) in [4.78, 5) is 28.3. The number of guanidine groups is 1. The van der Waals surface area contributed by atoms with Crippen molar-refractivity contribution >= 4 is 17.9 Å². The second-order valence-corrected chi connectivity index (χ2v) is 4.13. The second-order valence-electron chi connectivity index (χ2n) is 4.13. The van der Waals surface area contributed by atoms with Crippen LogP contribution in [0.1, 0.15) is 34.6 Å². The van der Waals surface area contributed by atoms with Crippen LogP contribution in [0.3, 0.4) is 0 Å². The van der Waals surface area contributed by atoms with Crippen molar-refractivity contribution in [2.45, 2.75) is 34.6 Å². The van der Waals surface area contributed by atoms with Gasteiger partial charge in [0.1, 0.15) is 0 Å². The van der Waals surface area contributed by atoms with Crippen LogP contribution in [-0.2, 0) is 9.59 Å². The molecule has 128 valence electrons. The molecule has 0 saturated heterocycles. The molecule has 0 heterocycles. The van der Waals surface area contributed by atoms with E-state index in [1.807, 2.05) is 0 Å². The second kappa shape index (κ2) is 13.9. The van der Waals surface area contributed by atoms with Crippen molar-refractivity contribution in [3.8, 4) is 0 Å². The van der Waals surface area contributed by atoms with Crippen LogP contribution in [-0.4, -0.2) is 70.6 Å². The lowest BCUT2D eigenvalue weighted by Crippen LogP contribution is -2.44. The fourth-order valence-electron chi connectivity index (χ4n) is 1.70. The monoisotopic (exact) mass is 315 g/mol. The molecule has 2 N–H and O–H groups in total. The smallest absolute Gasteiger partial charge is 0.328 e. The first-order valence-electron chi connectivity index (χ1n) is 7.55. The Labute approximate surface area is 132 Å². The minimum atomic E-state index is -1.26. The van der Waals surface area contributed by atoms with Crippen LogP contribution in [0.15, 0.2) is 17.1 Å². The molecule has 0 atom stereocenters. The average molecular weight is 315 g/mol. The topological polar surface area (TPSA) is 93.4 Å². The van der Waals surface area contributed by atoms with Crippen molar-refractivity contribution < 1.29 is 19.8 Å². The molecule has 0 aliphatic heterocycles. The molecule has 7 nitrogen and oxygen atoms in total. The summed E-state index contributed by atoms with van der Waals surface area (Å²) in [6.07, 6.45) is 1.12. The Kier molecular flexibility index (Phi) is 14.1. The van der Waals surface area contributed by atoms with Crippen molar-refractivity contribution in [3.05, 3.63) is 12.2 Å². The summed E-state index contributed by atoms with van der Waals surface area (Å²) < 4.78 is 0. The molecule has 0 saturated carbocycles. The summed E-state index contributed by atoms with van der Waals surface area (Å²) in [7, 11) is 0. The Morgan fingerprint density at radius 1 is 0.818 bits per heavy atom. The van der Waals surface area contributed by atoms with Gasteiger partial charge in [-0.2, -0.15) is 0 Å². The molecule has 0 radical (unpaired) electrons. The first-order chi connectivity index (χ1) is 10.4. The lowest BCUT2D eigenvalue weighted by atomic mass is 10.4. The van der Waals surface area contributed by atoms with Crippen LogP contribution in [0, 0.1) is 0 Å². The van der Waals surface area contributed by atoms with Crippen LogP contribution in [0.25, 0.3) is 0 Å². The number of aliphatic carboxylic acids is 2. The van der Waals surface area contributed by atoms with Gasteiger partial charge in [-0.25, -0.2) is 9.59 Å². The molecular formula is C15H29N3O4. The van der Waals surface area contributed by atoms with Crippen LogP contribution < -0.4 is 0 Å². The standard InChI is InChI=1S/C11H25N3.C4H4O4/c1-6-12-11(13(7-2)8-3)14(9-4)10-5;5-3(6)1-2-4(7)8/h6-10H2,1-5H3;1-2H,(H,5,6)(H,7,8)/b;2-1-. The van der Waals surface area contributed by atoms with Gasteiger partial charge in [0, 0.05) is 44.9 Å². The summed E-state index contributed by atoms with van der Waals surface area (Å²) in [5.41, 5.74) is 0. The molecule has 0 spiro atoms. The molecule has 22 heavy (non-hydrogen) atoms. The van der Waals surface area contributed by atoms with Gasteiger partial charge in [0.15, 0.2) is 5.96 Å². The van der Waals surface area contributed by atoms with E-state index in [9.17, 15) is 9.59 Å². The lowest BCUT2D eigenvalue weighted by molar-refractivity contribution is -0.134. The van der Waals surface area contributed by atoms with E-state index >= 15 is 0 Å². The van der Waals surface area contributed by atoms with Gasteiger partial charge in [0.05, 0.1) is 0 Å². The normalized spacial score (nSPS) is 9.68. The fourth-order valence-corrected chi connectivity index (χ4v) is 1.70. The molecule has 0 aliphatic carbocycles. The van der Waals surface area contributed by atoms with Crippen LogP contribution >= 0.6 is 0 Å². The summed E-state index contributed by atoms with van der Waals surface area (Å²) in [6, 6.07) is 0. The number of aliphatic imine (C=N–C) groups is 1. The predicted octanol–water partition coefficient (Wildman–Crippen LogP) is 1.76. The Hall–Kier alpha value is -2.05. The third-order valence-corrected chi connectivity index (χ3v) is 2.76. The predicted molar refractivity (Wildman–Crippen MR) is 88.2 cm³/mol. The average Bonchev–Trinajstić information content (AvgIpc) is 2.48. The van der Waals surface area contributed by atoms with Crippen molar-refractivity contribution in [2.24, 2.45) is 4.99 Å². The summed E-state index contributed by atoms with van der Waals surface area (Å²) in [5, 5.41) is 15.6. The zero-order valence-electron chi connectivity index (χ0n) is 14.2. The van der Waals surface area contributed by atoms with Gasteiger partial charge < -0.3 is 20.0 Å². The van der Waals surface area contributed by atoms with Gasteiger partial charge >= 0.3 is 11.9 Å². The summed E-state index contributed by atoms with van der Waals surface area (Å²) in [5.74, 6) is -1.36. The van der Waals surface area contributed by atoms with E-state index < -0.39 is 11.9 Å². The molecule has 0 aromatic rings. The minimum Gasteiger partial charge on any atom is -0.478 e. The Morgan fingerprint density at radius 3 is 1.32 bits per heavy atom. The maximum absolute atomic E-state index is 9.55. The molecule has 0 rings (SSSR count). The summed E-state index contributed by atoms with van der Waals surface area (Å²) in [6.45, 7) is 15.8. The number of hydrogen-bond donors (Lipinski definition) is 2. The number of carboxylic acids is 2. The van der Waals surface area contributed by atoms with Crippen molar-refractivity contribution in [1.29, 1.82) is 0 Å². The SMILES string of the molecule is CCN=C(N(CC)CC)N(CC)CC.O=C(O)/C=C\C(=O)O. The maximum atomic E-state index is 9.55. The van der Waals surface area contributed by atoms with E-state index in [2.05, 4.69) is 49.4 Å². The molecule has 0 amide bonds. The molecule has 7 heteroatoms. The van der Waals surface area contributed by atoms with E-state index in [-0.39, 0.29) is 0 Å². The number of hydrogen-bond acceptors (Lipinski definition) is 3. The van der Waals surface area contributed by atoms with Crippen LogP contribution in [0.5, 0.6) is 0 Å². The highest BCUT2D eigenvalue weighted by atomic mass is 16.4. The van der Waals surface area contributed by atoms with E-state index in [0.717, 1.165) is 38.7 Å². The number of carbonyl (C=O) groups is 2. The fraction of sp³-hybridized carbons (Fsp3) is 0.667. The lowest BCUT2D eigenvalue weighted by Gasteiger charge is -2.31. The number of carboxylic acid groups (broad SMARTS) is 2. The minimum absolute atomic E-state index is 0.558. The van der Waals surface area contributed by atoms with Crippen LogP contribution in [0.2, 0.25) is 0 Å². The number of rotatable bonds is 7. The number of nitrogens with zero attached hydrogens (tertiary/aromatic N) is 3. The van der Waals surface area contributed by atoms with Gasteiger partial charge in [-0.3, -0.25) is 4.99 Å². The maximum Gasteiger partial charge on any atom is 0.328 e. The molecule has 0 bridgehead atoms. The molecule has 0 fully saturated rings.